The molecule has 6 nitrogen and oxygen atoms in total. The predicted molar refractivity (Wildman–Crippen MR) is 63.1 cm³/mol. The van der Waals surface area contributed by atoms with Gasteiger partial charge in [-0.05, 0) is 30.0 Å². The number of amides is 1. The zero-order valence-electron chi connectivity index (χ0n) is 9.56. The Kier molecular flexibility index (Phi) is 3.48. The van der Waals surface area contributed by atoms with Gasteiger partial charge in [0.25, 0.3) is 5.91 Å². The van der Waals surface area contributed by atoms with Crippen molar-refractivity contribution in [1.82, 2.24) is 14.7 Å². The maximum Gasteiger partial charge on any atom is 0.259 e. The molecule has 7 heteroatoms. The van der Waals surface area contributed by atoms with Crippen LogP contribution in [0, 0.1) is 6.92 Å². The van der Waals surface area contributed by atoms with Crippen molar-refractivity contribution in [3.05, 3.63) is 22.3 Å². The fraction of sp³-hybridized carbons (Fsp3) is 0.400. The van der Waals surface area contributed by atoms with Crippen molar-refractivity contribution in [3.8, 4) is 0 Å². The summed E-state index contributed by atoms with van der Waals surface area (Å²) in [6.45, 7) is 3.81. The summed E-state index contributed by atoms with van der Waals surface area (Å²) in [5, 5.41) is 11.8. The van der Waals surface area contributed by atoms with Crippen LogP contribution in [0.15, 0.2) is 10.0 Å². The van der Waals surface area contributed by atoms with Gasteiger partial charge in [-0.15, -0.1) is 0 Å². The Hall–Kier alpha value is -1.76. The van der Waals surface area contributed by atoms with E-state index in [4.69, 9.17) is 0 Å². The molecule has 1 N–H and O–H groups in total. The summed E-state index contributed by atoms with van der Waals surface area (Å²) in [6, 6.07) is 0. The van der Waals surface area contributed by atoms with Crippen LogP contribution < -0.4 is 5.32 Å². The van der Waals surface area contributed by atoms with Gasteiger partial charge in [0.1, 0.15) is 5.69 Å². The van der Waals surface area contributed by atoms with Crippen molar-refractivity contribution >= 4 is 23.3 Å². The number of anilines is 1. The first-order valence-electron chi connectivity index (χ1n) is 5.26. The van der Waals surface area contributed by atoms with Crippen LogP contribution in [0.25, 0.3) is 0 Å². The van der Waals surface area contributed by atoms with E-state index in [9.17, 15) is 4.79 Å². The van der Waals surface area contributed by atoms with E-state index in [1.54, 1.807) is 12.3 Å². The second-order valence-electron chi connectivity index (χ2n) is 3.58. The Morgan fingerprint density at radius 2 is 2.35 bits per heavy atom. The summed E-state index contributed by atoms with van der Waals surface area (Å²) in [5.74, 6) is 0.159. The summed E-state index contributed by atoms with van der Waals surface area (Å²) in [5.41, 5.74) is 1.93. The van der Waals surface area contributed by atoms with Crippen LogP contribution in [0.4, 0.5) is 5.82 Å². The molecule has 0 saturated carbocycles. The van der Waals surface area contributed by atoms with E-state index in [1.165, 1.54) is 11.5 Å². The average molecular weight is 252 g/mol. The molecule has 2 heterocycles. The highest BCUT2D eigenvalue weighted by molar-refractivity contribution is 7.04. The lowest BCUT2D eigenvalue weighted by Crippen LogP contribution is -2.13. The van der Waals surface area contributed by atoms with Gasteiger partial charge in [0.05, 0.1) is 11.3 Å². The first kappa shape index (κ1) is 11.7. The van der Waals surface area contributed by atoms with Crippen LogP contribution in [-0.2, 0) is 6.42 Å². The molecule has 0 aliphatic heterocycles. The third-order valence-corrected chi connectivity index (χ3v) is 2.99. The summed E-state index contributed by atoms with van der Waals surface area (Å²) in [7, 11) is 0. The highest BCUT2D eigenvalue weighted by atomic mass is 32.1. The summed E-state index contributed by atoms with van der Waals surface area (Å²) in [6.07, 6.45) is 1.64. The van der Waals surface area contributed by atoms with Gasteiger partial charge < -0.3 is 5.32 Å². The number of aryl methyl sites for hydroxylation is 2. The monoisotopic (exact) mass is 252 g/mol. The van der Waals surface area contributed by atoms with Crippen molar-refractivity contribution in [1.29, 1.82) is 0 Å². The molecule has 0 saturated heterocycles. The van der Waals surface area contributed by atoms with Crippen molar-refractivity contribution in [2.45, 2.75) is 26.7 Å². The number of carbonyl (C=O) groups excluding carboxylic acids is 1. The fourth-order valence-corrected chi connectivity index (χ4v) is 2.08. The topological polar surface area (TPSA) is 80.9 Å². The van der Waals surface area contributed by atoms with Crippen LogP contribution >= 0.6 is 11.5 Å². The van der Waals surface area contributed by atoms with Gasteiger partial charge >= 0.3 is 0 Å². The molecule has 2 aromatic rings. The number of hydrogen-bond acceptors (Lipinski definition) is 6. The molecule has 0 atom stereocenters. The van der Waals surface area contributed by atoms with Gasteiger partial charge in [0, 0.05) is 5.38 Å². The quantitative estimate of drug-likeness (QED) is 0.900. The SMILES string of the molecule is CCCc1nonc1NC(=O)c1csnc1C. The van der Waals surface area contributed by atoms with Crippen LogP contribution in [0.1, 0.15) is 35.1 Å². The maximum atomic E-state index is 11.9. The maximum absolute atomic E-state index is 11.9. The number of rotatable bonds is 4. The lowest BCUT2D eigenvalue weighted by Gasteiger charge is -2.00. The van der Waals surface area contributed by atoms with E-state index in [2.05, 4.69) is 24.6 Å². The van der Waals surface area contributed by atoms with Crippen molar-refractivity contribution < 1.29 is 9.42 Å². The number of nitrogens with one attached hydrogen (secondary N) is 1. The van der Waals surface area contributed by atoms with Crippen LogP contribution in [0.2, 0.25) is 0 Å². The third-order valence-electron chi connectivity index (χ3n) is 2.27. The molecule has 0 radical (unpaired) electrons. The minimum Gasteiger partial charge on any atom is -0.302 e. The Morgan fingerprint density at radius 3 is 3.00 bits per heavy atom. The second kappa shape index (κ2) is 5.05. The van der Waals surface area contributed by atoms with E-state index in [1.807, 2.05) is 6.92 Å². The Balaban J connectivity index is 2.13. The number of nitrogens with zero attached hydrogens (tertiary/aromatic N) is 3. The minimum atomic E-state index is -0.232. The van der Waals surface area contributed by atoms with E-state index < -0.39 is 0 Å². The highest BCUT2D eigenvalue weighted by Crippen LogP contribution is 2.15. The fourth-order valence-electron chi connectivity index (χ4n) is 1.39. The van der Waals surface area contributed by atoms with Gasteiger partial charge in [0.15, 0.2) is 0 Å². The second-order valence-corrected chi connectivity index (χ2v) is 4.21. The van der Waals surface area contributed by atoms with Gasteiger partial charge in [-0.2, -0.15) is 4.37 Å². The van der Waals surface area contributed by atoms with Crippen molar-refractivity contribution in [2.75, 3.05) is 5.32 Å². The van der Waals surface area contributed by atoms with Gasteiger partial charge in [-0.1, -0.05) is 18.5 Å². The van der Waals surface area contributed by atoms with E-state index in [0.717, 1.165) is 12.8 Å². The van der Waals surface area contributed by atoms with Crippen LogP contribution in [0.3, 0.4) is 0 Å². The highest BCUT2D eigenvalue weighted by Gasteiger charge is 2.16. The molecule has 2 aromatic heterocycles. The van der Waals surface area contributed by atoms with E-state index >= 15 is 0 Å². The lowest BCUT2D eigenvalue weighted by atomic mass is 10.2. The Bertz CT molecular complexity index is 520. The normalized spacial score (nSPS) is 10.5. The number of aromatic nitrogens is 3. The van der Waals surface area contributed by atoms with Gasteiger partial charge in [-0.25, -0.2) is 4.63 Å². The largest absolute Gasteiger partial charge is 0.302 e. The molecule has 0 bridgehead atoms. The number of hydrogen-bond donors (Lipinski definition) is 1. The predicted octanol–water partition coefficient (Wildman–Crippen LogP) is 2.04. The first-order valence-corrected chi connectivity index (χ1v) is 6.09. The summed E-state index contributed by atoms with van der Waals surface area (Å²) >= 11 is 1.25. The van der Waals surface area contributed by atoms with E-state index in [0.29, 0.717) is 22.8 Å². The molecular weight excluding hydrogens is 240 g/mol. The Labute approximate surface area is 102 Å². The lowest BCUT2D eigenvalue weighted by molar-refractivity contribution is 0.102. The third kappa shape index (κ3) is 2.50. The molecule has 17 heavy (non-hydrogen) atoms. The molecule has 0 spiro atoms. The van der Waals surface area contributed by atoms with Gasteiger partial charge in [-0.3, -0.25) is 4.79 Å². The molecule has 2 rings (SSSR count). The van der Waals surface area contributed by atoms with Crippen molar-refractivity contribution in [3.63, 3.8) is 0 Å². The molecule has 0 unspecified atom stereocenters. The zero-order valence-corrected chi connectivity index (χ0v) is 10.4. The van der Waals surface area contributed by atoms with Gasteiger partial charge in [0.2, 0.25) is 5.82 Å². The number of carbonyl (C=O) groups is 1. The summed E-state index contributed by atoms with van der Waals surface area (Å²) < 4.78 is 8.67. The standard InChI is InChI=1S/C10H12N4O2S/c1-3-4-8-9(13-16-12-8)11-10(15)7-5-17-14-6(7)2/h5H,3-4H2,1-2H3,(H,11,13,15). The van der Waals surface area contributed by atoms with E-state index in [-0.39, 0.29) is 5.91 Å². The summed E-state index contributed by atoms with van der Waals surface area (Å²) in [4.78, 5) is 11.9. The molecule has 0 aliphatic carbocycles. The van der Waals surface area contributed by atoms with Crippen LogP contribution in [0.5, 0.6) is 0 Å². The smallest absolute Gasteiger partial charge is 0.259 e. The molecule has 90 valence electrons. The minimum absolute atomic E-state index is 0.232. The van der Waals surface area contributed by atoms with Crippen LogP contribution in [-0.4, -0.2) is 20.6 Å². The Morgan fingerprint density at radius 1 is 1.53 bits per heavy atom. The zero-order chi connectivity index (χ0) is 12.3. The van der Waals surface area contributed by atoms with Crippen molar-refractivity contribution in [2.24, 2.45) is 0 Å². The average Bonchev–Trinajstić information content (AvgIpc) is 2.89. The molecule has 0 aliphatic rings. The first-order chi connectivity index (χ1) is 8.22. The molecule has 0 fully saturated rings. The molecule has 1 amide bonds. The molecular formula is C10H12N4O2S. The molecule has 0 aromatic carbocycles.